The lowest BCUT2D eigenvalue weighted by molar-refractivity contribution is -0.137. The zero-order chi connectivity index (χ0) is 24.5. The van der Waals surface area contributed by atoms with E-state index < -0.39 is 17.6 Å². The number of aryl methyl sites for hydroxylation is 1. The van der Waals surface area contributed by atoms with Gasteiger partial charge in [-0.15, -0.1) is 10.2 Å². The lowest BCUT2D eigenvalue weighted by Crippen LogP contribution is -2.24. The molecule has 0 saturated carbocycles. The summed E-state index contributed by atoms with van der Waals surface area (Å²) in [6.07, 6.45) is -3.65. The molecule has 0 atom stereocenters. The quantitative estimate of drug-likeness (QED) is 0.376. The van der Waals surface area contributed by atoms with E-state index in [-0.39, 0.29) is 17.0 Å². The molecule has 178 valence electrons. The molecule has 2 heterocycles. The Bertz CT molecular complexity index is 1390. The number of amides is 1. The molecule has 0 aliphatic carbocycles. The van der Waals surface area contributed by atoms with E-state index in [0.717, 1.165) is 30.3 Å². The summed E-state index contributed by atoms with van der Waals surface area (Å²) in [6, 6.07) is 11.4. The fourth-order valence-electron chi connectivity index (χ4n) is 3.49. The van der Waals surface area contributed by atoms with Gasteiger partial charge < -0.3 is 5.32 Å². The molecular formula is C23H22F3N5O2S. The van der Waals surface area contributed by atoms with E-state index in [1.165, 1.54) is 12.1 Å². The highest BCUT2D eigenvalue weighted by Gasteiger charge is 2.30. The molecule has 0 saturated heterocycles. The second kappa shape index (κ2) is 9.49. The third-order valence-electron chi connectivity index (χ3n) is 5.24. The predicted molar refractivity (Wildman–Crippen MR) is 125 cm³/mol. The van der Waals surface area contributed by atoms with Crippen LogP contribution in [0.15, 0.2) is 58.5 Å². The van der Waals surface area contributed by atoms with Crippen LogP contribution < -0.4 is 10.9 Å². The van der Waals surface area contributed by atoms with Crippen molar-refractivity contribution >= 4 is 40.0 Å². The van der Waals surface area contributed by atoms with Gasteiger partial charge in [0.15, 0.2) is 5.16 Å². The van der Waals surface area contributed by atoms with Gasteiger partial charge in [0.05, 0.1) is 22.2 Å². The highest BCUT2D eigenvalue weighted by atomic mass is 32.2. The SMILES string of the molecule is CC(C)CCn1c(=O)c2ccccc2n2c(SCC(=O)Nc3ccc(C(F)(F)F)cc3)nnc12. The van der Waals surface area contributed by atoms with Crippen molar-refractivity contribution in [2.45, 2.75) is 38.1 Å². The van der Waals surface area contributed by atoms with Crippen LogP contribution in [0, 0.1) is 5.92 Å². The lowest BCUT2D eigenvalue weighted by atomic mass is 10.1. The van der Waals surface area contributed by atoms with Crippen LogP contribution in [0.25, 0.3) is 16.7 Å². The second-order valence-corrected chi connectivity index (χ2v) is 9.13. The number of benzene rings is 2. The smallest absolute Gasteiger partial charge is 0.325 e. The number of anilines is 1. The maximum absolute atomic E-state index is 13.1. The Morgan fingerprint density at radius 1 is 1.09 bits per heavy atom. The van der Waals surface area contributed by atoms with Crippen LogP contribution >= 0.6 is 11.8 Å². The van der Waals surface area contributed by atoms with E-state index in [0.29, 0.717) is 34.3 Å². The van der Waals surface area contributed by atoms with E-state index >= 15 is 0 Å². The Morgan fingerprint density at radius 2 is 1.79 bits per heavy atom. The molecule has 2 aromatic heterocycles. The number of nitrogens with one attached hydrogen (secondary N) is 1. The number of aromatic nitrogens is 4. The summed E-state index contributed by atoms with van der Waals surface area (Å²) >= 11 is 1.13. The molecule has 0 bridgehead atoms. The Labute approximate surface area is 197 Å². The average Bonchev–Trinajstić information content (AvgIpc) is 3.21. The van der Waals surface area contributed by atoms with Crippen molar-refractivity contribution < 1.29 is 18.0 Å². The van der Waals surface area contributed by atoms with Crippen molar-refractivity contribution in [3.63, 3.8) is 0 Å². The van der Waals surface area contributed by atoms with Crippen LogP contribution in [0.1, 0.15) is 25.8 Å². The molecule has 34 heavy (non-hydrogen) atoms. The Kier molecular flexibility index (Phi) is 6.65. The summed E-state index contributed by atoms with van der Waals surface area (Å²) in [5.41, 5.74) is -0.0328. The number of carbonyl (C=O) groups is 1. The van der Waals surface area contributed by atoms with E-state index in [1.54, 1.807) is 27.2 Å². The number of hydrogen-bond donors (Lipinski definition) is 1. The van der Waals surface area contributed by atoms with Crippen molar-refractivity contribution in [2.75, 3.05) is 11.1 Å². The topological polar surface area (TPSA) is 81.3 Å². The van der Waals surface area contributed by atoms with Gasteiger partial charge in [0, 0.05) is 12.2 Å². The summed E-state index contributed by atoms with van der Waals surface area (Å²) in [7, 11) is 0. The number of hydrogen-bond acceptors (Lipinski definition) is 5. The number of fused-ring (bicyclic) bond motifs is 3. The minimum absolute atomic E-state index is 0.0404. The monoisotopic (exact) mass is 489 g/mol. The summed E-state index contributed by atoms with van der Waals surface area (Å²) in [4.78, 5) is 25.5. The first-order chi connectivity index (χ1) is 16.1. The number of rotatable bonds is 7. The number of carbonyl (C=O) groups excluding carboxylic acids is 1. The minimum atomic E-state index is -4.44. The van der Waals surface area contributed by atoms with Gasteiger partial charge in [-0.1, -0.05) is 37.7 Å². The first-order valence-corrected chi connectivity index (χ1v) is 11.6. The maximum Gasteiger partial charge on any atom is 0.416 e. The summed E-state index contributed by atoms with van der Waals surface area (Å²) in [6.45, 7) is 4.63. The first kappa shape index (κ1) is 23.8. The van der Waals surface area contributed by atoms with Crippen molar-refractivity contribution in [1.82, 2.24) is 19.2 Å². The number of thioether (sulfide) groups is 1. The minimum Gasteiger partial charge on any atom is -0.325 e. The van der Waals surface area contributed by atoms with Gasteiger partial charge in [0.1, 0.15) is 0 Å². The van der Waals surface area contributed by atoms with Crippen molar-refractivity contribution in [3.8, 4) is 0 Å². The maximum atomic E-state index is 13.1. The van der Waals surface area contributed by atoms with E-state index in [1.807, 2.05) is 6.07 Å². The standard InChI is InChI=1S/C23H22F3N5O2S/c1-14(2)11-12-30-20(33)17-5-3-4-6-18(17)31-21(30)28-29-22(31)34-13-19(32)27-16-9-7-15(8-10-16)23(24,25)26/h3-10,14H,11-13H2,1-2H3,(H,27,32). The highest BCUT2D eigenvalue weighted by Crippen LogP contribution is 2.30. The molecule has 0 unspecified atom stereocenters. The molecule has 0 radical (unpaired) electrons. The third-order valence-corrected chi connectivity index (χ3v) is 6.17. The van der Waals surface area contributed by atoms with Crippen LogP contribution in [-0.4, -0.2) is 30.8 Å². The predicted octanol–water partition coefficient (Wildman–Crippen LogP) is 4.84. The molecule has 2 aromatic carbocycles. The molecule has 0 aliphatic heterocycles. The lowest BCUT2D eigenvalue weighted by Gasteiger charge is -2.12. The fourth-order valence-corrected chi connectivity index (χ4v) is 4.23. The number of nitrogens with zero attached hydrogens (tertiary/aromatic N) is 4. The van der Waals surface area contributed by atoms with Crippen molar-refractivity contribution in [2.24, 2.45) is 5.92 Å². The van der Waals surface area contributed by atoms with Crippen LogP contribution in [0.3, 0.4) is 0 Å². The van der Waals surface area contributed by atoms with Crippen molar-refractivity contribution in [1.29, 1.82) is 0 Å². The summed E-state index contributed by atoms with van der Waals surface area (Å²) in [5.74, 6) is 0.347. The van der Waals surface area contributed by atoms with Crippen LogP contribution in [0.2, 0.25) is 0 Å². The van der Waals surface area contributed by atoms with E-state index in [9.17, 15) is 22.8 Å². The van der Waals surface area contributed by atoms with Gasteiger partial charge in [-0.25, -0.2) is 0 Å². The number of halogens is 3. The Hall–Kier alpha value is -3.34. The van der Waals surface area contributed by atoms with Gasteiger partial charge in [0.25, 0.3) is 5.56 Å². The van der Waals surface area contributed by atoms with Crippen molar-refractivity contribution in [3.05, 3.63) is 64.4 Å². The Balaban J connectivity index is 1.58. The van der Waals surface area contributed by atoms with Crippen LogP contribution in [0.5, 0.6) is 0 Å². The van der Waals surface area contributed by atoms with Gasteiger partial charge in [0.2, 0.25) is 11.7 Å². The Morgan fingerprint density at radius 3 is 2.47 bits per heavy atom. The first-order valence-electron chi connectivity index (χ1n) is 10.6. The molecule has 7 nitrogen and oxygen atoms in total. The number of para-hydroxylation sites is 1. The largest absolute Gasteiger partial charge is 0.416 e. The van der Waals surface area contributed by atoms with Gasteiger partial charge in [-0.2, -0.15) is 13.2 Å². The average molecular weight is 490 g/mol. The zero-order valence-corrected chi connectivity index (χ0v) is 19.3. The molecule has 0 aliphatic rings. The molecule has 4 aromatic rings. The van der Waals surface area contributed by atoms with Gasteiger partial charge in [-0.3, -0.25) is 18.6 Å². The summed E-state index contributed by atoms with van der Waals surface area (Å²) < 4.78 is 41.5. The van der Waals surface area contributed by atoms with Crippen LogP contribution in [0.4, 0.5) is 18.9 Å². The third kappa shape index (κ3) is 4.93. The highest BCUT2D eigenvalue weighted by molar-refractivity contribution is 7.99. The molecule has 0 fully saturated rings. The molecule has 1 N–H and O–H groups in total. The second-order valence-electron chi connectivity index (χ2n) is 8.19. The summed E-state index contributed by atoms with van der Waals surface area (Å²) in [5, 5.41) is 12.0. The van der Waals surface area contributed by atoms with E-state index in [2.05, 4.69) is 29.4 Å². The molecule has 4 rings (SSSR count). The molecular weight excluding hydrogens is 467 g/mol. The number of alkyl halides is 3. The van der Waals surface area contributed by atoms with Gasteiger partial charge in [-0.05, 0) is 48.7 Å². The fraction of sp³-hybridized carbons (Fsp3) is 0.304. The zero-order valence-electron chi connectivity index (χ0n) is 18.5. The molecule has 1 amide bonds. The molecule has 0 spiro atoms. The van der Waals surface area contributed by atoms with E-state index in [4.69, 9.17) is 0 Å². The normalized spacial score (nSPS) is 12.1. The van der Waals surface area contributed by atoms with Gasteiger partial charge >= 0.3 is 6.18 Å². The van der Waals surface area contributed by atoms with Crippen LogP contribution in [-0.2, 0) is 17.5 Å². The molecule has 11 heteroatoms.